The fourth-order valence-corrected chi connectivity index (χ4v) is 1.70. The summed E-state index contributed by atoms with van der Waals surface area (Å²) in [4.78, 5) is 11.6. The van der Waals surface area contributed by atoms with E-state index in [4.69, 9.17) is 4.74 Å². The maximum atomic E-state index is 11.6. The Morgan fingerprint density at radius 3 is 2.56 bits per heavy atom. The van der Waals surface area contributed by atoms with E-state index in [1.807, 2.05) is 55.5 Å². The number of hydrogen-bond donors (Lipinski definition) is 0. The number of hydrogen-bond acceptors (Lipinski definition) is 2. The quantitative estimate of drug-likeness (QED) is 0.742. The van der Waals surface area contributed by atoms with Crippen LogP contribution in [0.25, 0.3) is 0 Å². The highest BCUT2D eigenvalue weighted by molar-refractivity contribution is 5.96. The second-order valence-electron chi connectivity index (χ2n) is 4.08. The van der Waals surface area contributed by atoms with Crippen LogP contribution in [0.3, 0.4) is 0 Å². The molecule has 0 aromatic heterocycles. The van der Waals surface area contributed by atoms with Crippen molar-refractivity contribution in [3.63, 3.8) is 0 Å². The van der Waals surface area contributed by atoms with Crippen LogP contribution in [0.15, 0.2) is 54.6 Å². The van der Waals surface area contributed by atoms with Gasteiger partial charge in [0.15, 0.2) is 5.78 Å². The lowest BCUT2D eigenvalue weighted by molar-refractivity contribution is 0.0987. The molecule has 0 fully saturated rings. The summed E-state index contributed by atoms with van der Waals surface area (Å²) in [6, 6.07) is 17.3. The third-order valence-electron chi connectivity index (χ3n) is 2.73. The summed E-state index contributed by atoms with van der Waals surface area (Å²) in [5.41, 5.74) is 1.83. The van der Waals surface area contributed by atoms with Crippen LogP contribution >= 0.6 is 0 Å². The molecule has 92 valence electrons. The van der Waals surface area contributed by atoms with Crippen LogP contribution in [0.1, 0.15) is 29.3 Å². The lowest BCUT2D eigenvalue weighted by atomic mass is 10.1. The van der Waals surface area contributed by atoms with Crippen molar-refractivity contribution in [3.8, 4) is 5.75 Å². The fraction of sp³-hybridized carbons (Fsp3) is 0.188. The molecule has 0 atom stereocenters. The molecule has 2 heteroatoms. The normalized spacial score (nSPS) is 10.1. The maximum Gasteiger partial charge on any atom is 0.162 e. The molecule has 2 rings (SSSR count). The van der Waals surface area contributed by atoms with Crippen molar-refractivity contribution < 1.29 is 9.53 Å². The van der Waals surface area contributed by atoms with Crippen LogP contribution in [0.5, 0.6) is 5.75 Å². The number of Topliss-reactive ketones (excluding diaryl/α,β-unsaturated/α-hetero) is 1. The van der Waals surface area contributed by atoms with Gasteiger partial charge in [-0.15, -0.1) is 0 Å². The monoisotopic (exact) mass is 240 g/mol. The lowest BCUT2D eigenvalue weighted by Crippen LogP contribution is -1.99. The van der Waals surface area contributed by atoms with Gasteiger partial charge in [0.05, 0.1) is 0 Å². The van der Waals surface area contributed by atoms with Gasteiger partial charge in [-0.3, -0.25) is 4.79 Å². The zero-order chi connectivity index (χ0) is 12.8. The van der Waals surface area contributed by atoms with E-state index in [-0.39, 0.29) is 5.78 Å². The third-order valence-corrected chi connectivity index (χ3v) is 2.73. The summed E-state index contributed by atoms with van der Waals surface area (Å²) in [6.45, 7) is 2.38. The van der Waals surface area contributed by atoms with Gasteiger partial charge in [-0.05, 0) is 17.7 Å². The minimum atomic E-state index is 0.139. The highest BCUT2D eigenvalue weighted by Gasteiger charge is 2.04. The van der Waals surface area contributed by atoms with Gasteiger partial charge in [0, 0.05) is 12.0 Å². The third kappa shape index (κ3) is 3.20. The standard InChI is InChI=1S/C16H16O2/c1-2-16(17)14-9-6-10-15(11-14)18-12-13-7-4-3-5-8-13/h3-11H,2,12H2,1H3. The summed E-state index contributed by atoms with van der Waals surface area (Å²) < 4.78 is 5.68. The van der Waals surface area contributed by atoms with Gasteiger partial charge >= 0.3 is 0 Å². The molecule has 0 N–H and O–H groups in total. The van der Waals surface area contributed by atoms with Crippen LogP contribution in [0.2, 0.25) is 0 Å². The molecule has 2 nitrogen and oxygen atoms in total. The van der Waals surface area contributed by atoms with Gasteiger partial charge in [-0.2, -0.15) is 0 Å². The van der Waals surface area contributed by atoms with E-state index < -0.39 is 0 Å². The fourth-order valence-electron chi connectivity index (χ4n) is 1.70. The van der Waals surface area contributed by atoms with Gasteiger partial charge in [0.1, 0.15) is 12.4 Å². The topological polar surface area (TPSA) is 26.3 Å². The second-order valence-corrected chi connectivity index (χ2v) is 4.08. The molecule has 0 bridgehead atoms. The molecule has 0 saturated carbocycles. The van der Waals surface area contributed by atoms with E-state index >= 15 is 0 Å². The van der Waals surface area contributed by atoms with Gasteiger partial charge in [-0.25, -0.2) is 0 Å². The van der Waals surface area contributed by atoms with Crippen LogP contribution < -0.4 is 4.74 Å². The summed E-state index contributed by atoms with van der Waals surface area (Å²) in [5, 5.41) is 0. The van der Waals surface area contributed by atoms with Crippen molar-refractivity contribution in [1.29, 1.82) is 0 Å². The van der Waals surface area contributed by atoms with Gasteiger partial charge in [0.2, 0.25) is 0 Å². The smallest absolute Gasteiger partial charge is 0.162 e. The predicted molar refractivity (Wildman–Crippen MR) is 71.8 cm³/mol. The Balaban J connectivity index is 2.04. The van der Waals surface area contributed by atoms with Crippen LogP contribution in [0.4, 0.5) is 0 Å². The maximum absolute atomic E-state index is 11.6. The predicted octanol–water partition coefficient (Wildman–Crippen LogP) is 3.86. The van der Waals surface area contributed by atoms with Gasteiger partial charge < -0.3 is 4.74 Å². The first-order chi connectivity index (χ1) is 8.79. The molecule has 0 spiro atoms. The number of ketones is 1. The van der Waals surface area contributed by atoms with E-state index in [9.17, 15) is 4.79 Å². The first kappa shape index (κ1) is 12.4. The second kappa shape index (κ2) is 6.01. The summed E-state index contributed by atoms with van der Waals surface area (Å²) in [6.07, 6.45) is 0.516. The molecule has 18 heavy (non-hydrogen) atoms. The van der Waals surface area contributed by atoms with Crippen molar-refractivity contribution in [3.05, 3.63) is 65.7 Å². The molecular formula is C16H16O2. The number of carbonyl (C=O) groups is 1. The Morgan fingerprint density at radius 1 is 1.06 bits per heavy atom. The Hall–Kier alpha value is -2.09. The Bertz CT molecular complexity index is 518. The van der Waals surface area contributed by atoms with Gasteiger partial charge in [0.25, 0.3) is 0 Å². The van der Waals surface area contributed by atoms with Crippen molar-refractivity contribution >= 4 is 5.78 Å². The molecule has 0 unspecified atom stereocenters. The number of ether oxygens (including phenoxy) is 1. The van der Waals surface area contributed by atoms with E-state index in [1.54, 1.807) is 6.07 Å². The van der Waals surface area contributed by atoms with Crippen LogP contribution in [-0.2, 0) is 6.61 Å². The minimum Gasteiger partial charge on any atom is -0.489 e. The summed E-state index contributed by atoms with van der Waals surface area (Å²) in [7, 11) is 0. The number of carbonyl (C=O) groups excluding carboxylic acids is 1. The largest absolute Gasteiger partial charge is 0.489 e. The van der Waals surface area contributed by atoms with Crippen molar-refractivity contribution in [1.82, 2.24) is 0 Å². The van der Waals surface area contributed by atoms with E-state index in [1.165, 1.54) is 0 Å². The Kier molecular flexibility index (Phi) is 4.13. The SMILES string of the molecule is CCC(=O)c1cccc(OCc2ccccc2)c1. The molecule has 0 aliphatic heterocycles. The molecule has 0 aliphatic carbocycles. The van der Waals surface area contributed by atoms with Crippen LogP contribution in [0, 0.1) is 0 Å². The molecule has 0 saturated heterocycles. The van der Waals surface area contributed by atoms with Crippen molar-refractivity contribution in [2.45, 2.75) is 20.0 Å². The molecule has 2 aromatic rings. The number of rotatable bonds is 5. The van der Waals surface area contributed by atoms with Crippen molar-refractivity contribution in [2.75, 3.05) is 0 Å². The molecule has 0 amide bonds. The average molecular weight is 240 g/mol. The molecular weight excluding hydrogens is 224 g/mol. The van der Waals surface area contributed by atoms with E-state index in [0.29, 0.717) is 18.6 Å². The van der Waals surface area contributed by atoms with Crippen molar-refractivity contribution in [2.24, 2.45) is 0 Å². The first-order valence-electron chi connectivity index (χ1n) is 6.09. The average Bonchev–Trinajstić information content (AvgIpc) is 2.45. The highest BCUT2D eigenvalue weighted by Crippen LogP contribution is 2.16. The van der Waals surface area contributed by atoms with Gasteiger partial charge in [-0.1, -0.05) is 49.4 Å². The first-order valence-corrected chi connectivity index (χ1v) is 6.09. The molecule has 0 radical (unpaired) electrons. The molecule has 2 aromatic carbocycles. The summed E-state index contributed by atoms with van der Waals surface area (Å²) >= 11 is 0. The zero-order valence-electron chi connectivity index (χ0n) is 10.4. The zero-order valence-corrected chi connectivity index (χ0v) is 10.4. The number of benzene rings is 2. The Labute approximate surface area is 107 Å². The van der Waals surface area contributed by atoms with E-state index in [2.05, 4.69) is 0 Å². The lowest BCUT2D eigenvalue weighted by Gasteiger charge is -2.07. The molecule has 0 aliphatic rings. The minimum absolute atomic E-state index is 0.139. The summed E-state index contributed by atoms with van der Waals surface area (Å²) in [5.74, 6) is 0.873. The van der Waals surface area contributed by atoms with E-state index in [0.717, 1.165) is 11.3 Å². The van der Waals surface area contributed by atoms with Crippen LogP contribution in [-0.4, -0.2) is 5.78 Å². The highest BCUT2D eigenvalue weighted by atomic mass is 16.5. The molecule has 0 heterocycles. The Morgan fingerprint density at radius 2 is 1.83 bits per heavy atom.